The van der Waals surface area contributed by atoms with Gasteiger partial charge in [-0.25, -0.2) is 14.8 Å². The quantitative estimate of drug-likeness (QED) is 0.776. The molecule has 94 valence electrons. The number of aromatic carboxylic acids is 1. The van der Waals surface area contributed by atoms with Gasteiger partial charge in [0.25, 0.3) is 0 Å². The van der Waals surface area contributed by atoms with Gasteiger partial charge >= 0.3 is 5.97 Å². The Morgan fingerprint density at radius 1 is 1.21 bits per heavy atom. The summed E-state index contributed by atoms with van der Waals surface area (Å²) < 4.78 is 2.00. The van der Waals surface area contributed by atoms with E-state index < -0.39 is 5.97 Å². The van der Waals surface area contributed by atoms with Crippen LogP contribution in [0.2, 0.25) is 0 Å². The summed E-state index contributed by atoms with van der Waals surface area (Å²) in [6.07, 6.45) is 5.32. The second-order valence-corrected chi connectivity index (χ2v) is 4.19. The SMILES string of the molecule is O=C(O)c1ccc2c(ccn2Cc2ncccn2)c1. The van der Waals surface area contributed by atoms with Crippen molar-refractivity contribution in [2.45, 2.75) is 6.54 Å². The zero-order valence-corrected chi connectivity index (χ0v) is 10.0. The van der Waals surface area contributed by atoms with Crippen LogP contribution in [0.4, 0.5) is 0 Å². The maximum atomic E-state index is 10.9. The molecule has 5 heteroatoms. The molecule has 0 radical (unpaired) electrons. The van der Waals surface area contributed by atoms with Gasteiger partial charge < -0.3 is 9.67 Å². The number of hydrogen-bond acceptors (Lipinski definition) is 3. The number of hydrogen-bond donors (Lipinski definition) is 1. The van der Waals surface area contributed by atoms with Crippen LogP contribution in [0.15, 0.2) is 48.9 Å². The maximum Gasteiger partial charge on any atom is 0.335 e. The van der Waals surface area contributed by atoms with Crippen LogP contribution in [0.5, 0.6) is 0 Å². The second kappa shape index (κ2) is 4.53. The highest BCUT2D eigenvalue weighted by Crippen LogP contribution is 2.18. The van der Waals surface area contributed by atoms with E-state index in [1.54, 1.807) is 30.6 Å². The molecule has 2 aromatic heterocycles. The number of aromatic nitrogens is 3. The molecule has 0 aliphatic carbocycles. The van der Waals surface area contributed by atoms with Crippen LogP contribution >= 0.6 is 0 Å². The number of carboxylic acids is 1. The van der Waals surface area contributed by atoms with Crippen LogP contribution in [0.3, 0.4) is 0 Å². The molecule has 5 nitrogen and oxygen atoms in total. The first-order valence-electron chi connectivity index (χ1n) is 5.82. The molecule has 0 saturated carbocycles. The highest BCUT2D eigenvalue weighted by Gasteiger charge is 2.07. The molecule has 0 unspecified atom stereocenters. The third-order valence-corrected chi connectivity index (χ3v) is 2.95. The lowest BCUT2D eigenvalue weighted by Gasteiger charge is -2.04. The minimum Gasteiger partial charge on any atom is -0.478 e. The summed E-state index contributed by atoms with van der Waals surface area (Å²) in [6, 6.07) is 8.75. The Morgan fingerprint density at radius 2 is 2.00 bits per heavy atom. The van der Waals surface area contributed by atoms with Crippen molar-refractivity contribution in [2.24, 2.45) is 0 Å². The summed E-state index contributed by atoms with van der Waals surface area (Å²) >= 11 is 0. The van der Waals surface area contributed by atoms with E-state index in [1.165, 1.54) is 0 Å². The van der Waals surface area contributed by atoms with Crippen molar-refractivity contribution >= 4 is 16.9 Å². The number of carbonyl (C=O) groups is 1. The number of fused-ring (bicyclic) bond motifs is 1. The lowest BCUT2D eigenvalue weighted by atomic mass is 10.1. The molecule has 0 amide bonds. The molecule has 3 rings (SSSR count). The molecular formula is C14H11N3O2. The van der Waals surface area contributed by atoms with E-state index in [4.69, 9.17) is 5.11 Å². The highest BCUT2D eigenvalue weighted by atomic mass is 16.4. The molecule has 2 heterocycles. The Morgan fingerprint density at radius 3 is 2.74 bits per heavy atom. The molecule has 0 aliphatic rings. The summed E-state index contributed by atoms with van der Waals surface area (Å²) in [5.41, 5.74) is 1.26. The van der Waals surface area contributed by atoms with Gasteiger partial charge in [-0.15, -0.1) is 0 Å². The fourth-order valence-corrected chi connectivity index (χ4v) is 2.04. The Balaban J connectivity index is 1.99. The van der Waals surface area contributed by atoms with Crippen LogP contribution in [0, 0.1) is 0 Å². The van der Waals surface area contributed by atoms with E-state index >= 15 is 0 Å². The molecule has 1 aromatic carbocycles. The largest absolute Gasteiger partial charge is 0.478 e. The number of carboxylic acid groups (broad SMARTS) is 1. The van der Waals surface area contributed by atoms with Gasteiger partial charge in [0.05, 0.1) is 12.1 Å². The lowest BCUT2D eigenvalue weighted by molar-refractivity contribution is 0.0697. The zero-order valence-electron chi connectivity index (χ0n) is 10.0. The Bertz CT molecular complexity index is 735. The Labute approximate surface area is 109 Å². The Kier molecular flexibility index (Phi) is 2.72. The van der Waals surface area contributed by atoms with Crippen molar-refractivity contribution in [1.29, 1.82) is 0 Å². The van der Waals surface area contributed by atoms with Gasteiger partial charge in [0.2, 0.25) is 0 Å². The van der Waals surface area contributed by atoms with Gasteiger partial charge in [0.1, 0.15) is 5.82 Å². The predicted molar refractivity (Wildman–Crippen MR) is 70.0 cm³/mol. The van der Waals surface area contributed by atoms with Gasteiger partial charge in [0.15, 0.2) is 0 Å². The first-order chi connectivity index (χ1) is 9.24. The van der Waals surface area contributed by atoms with Gasteiger partial charge in [-0.1, -0.05) is 0 Å². The number of rotatable bonds is 3. The normalized spacial score (nSPS) is 10.7. The van der Waals surface area contributed by atoms with E-state index in [-0.39, 0.29) is 0 Å². The third kappa shape index (κ3) is 2.18. The molecule has 0 saturated heterocycles. The number of nitrogens with zero attached hydrogens (tertiary/aromatic N) is 3. The molecule has 0 bridgehead atoms. The molecule has 0 fully saturated rings. The van der Waals surface area contributed by atoms with E-state index in [0.29, 0.717) is 12.1 Å². The van der Waals surface area contributed by atoms with Gasteiger partial charge in [0, 0.05) is 29.5 Å². The average Bonchev–Trinajstić information content (AvgIpc) is 2.82. The van der Waals surface area contributed by atoms with Crippen LogP contribution in [0.25, 0.3) is 10.9 Å². The van der Waals surface area contributed by atoms with E-state index in [9.17, 15) is 4.79 Å². The van der Waals surface area contributed by atoms with Crippen LogP contribution < -0.4 is 0 Å². The van der Waals surface area contributed by atoms with Gasteiger partial charge in [-0.3, -0.25) is 0 Å². The van der Waals surface area contributed by atoms with E-state index in [2.05, 4.69) is 9.97 Å². The fraction of sp³-hybridized carbons (Fsp3) is 0.0714. The van der Waals surface area contributed by atoms with Crippen molar-refractivity contribution < 1.29 is 9.90 Å². The third-order valence-electron chi connectivity index (χ3n) is 2.95. The maximum absolute atomic E-state index is 10.9. The summed E-state index contributed by atoms with van der Waals surface area (Å²) in [6.45, 7) is 0.566. The minimum absolute atomic E-state index is 0.293. The summed E-state index contributed by atoms with van der Waals surface area (Å²) in [5, 5.41) is 9.86. The first kappa shape index (κ1) is 11.4. The number of benzene rings is 1. The van der Waals surface area contributed by atoms with Crippen molar-refractivity contribution in [3.63, 3.8) is 0 Å². The molecule has 0 atom stereocenters. The lowest BCUT2D eigenvalue weighted by Crippen LogP contribution is -2.02. The van der Waals surface area contributed by atoms with Crippen molar-refractivity contribution in [1.82, 2.24) is 14.5 Å². The molecule has 0 aliphatic heterocycles. The molecule has 19 heavy (non-hydrogen) atoms. The minimum atomic E-state index is -0.916. The summed E-state index contributed by atoms with van der Waals surface area (Å²) in [5.74, 6) is -0.191. The predicted octanol–water partition coefficient (Wildman–Crippen LogP) is 2.18. The topological polar surface area (TPSA) is 68.0 Å². The van der Waals surface area contributed by atoms with Crippen molar-refractivity contribution in [3.05, 3.63) is 60.3 Å². The van der Waals surface area contributed by atoms with Crippen LogP contribution in [0.1, 0.15) is 16.2 Å². The van der Waals surface area contributed by atoms with E-state index in [0.717, 1.165) is 16.7 Å². The smallest absolute Gasteiger partial charge is 0.335 e. The van der Waals surface area contributed by atoms with Gasteiger partial charge in [-0.05, 0) is 30.3 Å². The van der Waals surface area contributed by atoms with Crippen LogP contribution in [-0.4, -0.2) is 25.6 Å². The molecule has 3 aromatic rings. The van der Waals surface area contributed by atoms with Gasteiger partial charge in [-0.2, -0.15) is 0 Å². The monoisotopic (exact) mass is 253 g/mol. The molecule has 0 spiro atoms. The first-order valence-corrected chi connectivity index (χ1v) is 5.82. The average molecular weight is 253 g/mol. The zero-order chi connectivity index (χ0) is 13.2. The van der Waals surface area contributed by atoms with E-state index in [1.807, 2.05) is 22.9 Å². The fourth-order valence-electron chi connectivity index (χ4n) is 2.04. The summed E-state index contributed by atoms with van der Waals surface area (Å²) in [7, 11) is 0. The molecule has 1 N–H and O–H groups in total. The van der Waals surface area contributed by atoms with Crippen molar-refractivity contribution in [3.8, 4) is 0 Å². The van der Waals surface area contributed by atoms with Crippen molar-refractivity contribution in [2.75, 3.05) is 0 Å². The standard InChI is InChI=1S/C14H11N3O2/c18-14(19)11-2-3-12-10(8-11)4-7-17(12)9-13-15-5-1-6-16-13/h1-8H,9H2,(H,18,19). The molecular weight excluding hydrogens is 242 g/mol. The summed E-state index contributed by atoms with van der Waals surface area (Å²) in [4.78, 5) is 19.3. The second-order valence-electron chi connectivity index (χ2n) is 4.19. The van der Waals surface area contributed by atoms with Crippen LogP contribution in [-0.2, 0) is 6.54 Å². The highest BCUT2D eigenvalue weighted by molar-refractivity contribution is 5.93. The Hall–Kier alpha value is -2.69.